The predicted molar refractivity (Wildman–Crippen MR) is 99.3 cm³/mol. The summed E-state index contributed by atoms with van der Waals surface area (Å²) < 4.78 is 26.6. The summed E-state index contributed by atoms with van der Waals surface area (Å²) >= 11 is 0. The normalized spacial score (nSPS) is 16.2. The van der Waals surface area contributed by atoms with Crippen molar-refractivity contribution in [3.05, 3.63) is 28.3 Å². The highest BCUT2D eigenvalue weighted by Crippen LogP contribution is 2.38. The van der Waals surface area contributed by atoms with Gasteiger partial charge in [0.05, 0.1) is 0 Å². The molecule has 2 N–H and O–H groups in total. The summed E-state index contributed by atoms with van der Waals surface area (Å²) in [5.41, 5.74) is 5.84. The van der Waals surface area contributed by atoms with Gasteiger partial charge in [-0.05, 0) is 81.7 Å². The molecule has 7 heteroatoms. The van der Waals surface area contributed by atoms with Crippen molar-refractivity contribution >= 4 is 21.7 Å². The molecule has 6 nitrogen and oxygen atoms in total. The third kappa shape index (κ3) is 3.98. The van der Waals surface area contributed by atoms with Crippen molar-refractivity contribution in [1.29, 1.82) is 0 Å². The SMILES string of the molecule is CC(C)N(C)CS(=O)(=O)NC(=O)Nc1c2c(cc3c1CCC3)CCC2. The van der Waals surface area contributed by atoms with Gasteiger partial charge < -0.3 is 5.32 Å². The molecular formula is C18H27N3O3S. The summed E-state index contributed by atoms with van der Waals surface area (Å²) in [5.74, 6) is -0.205. The summed E-state index contributed by atoms with van der Waals surface area (Å²) in [6.07, 6.45) is 6.15. The third-order valence-electron chi connectivity index (χ3n) is 5.21. The van der Waals surface area contributed by atoms with Crippen LogP contribution in [-0.4, -0.2) is 38.3 Å². The molecule has 138 valence electrons. The summed E-state index contributed by atoms with van der Waals surface area (Å²) in [7, 11) is -1.99. The highest BCUT2D eigenvalue weighted by Gasteiger charge is 2.26. The van der Waals surface area contributed by atoms with Crippen LogP contribution in [0.1, 0.15) is 48.9 Å². The number of nitrogens with zero attached hydrogens (tertiary/aromatic N) is 1. The largest absolute Gasteiger partial charge is 0.332 e. The smallest absolute Gasteiger partial charge is 0.307 e. The Morgan fingerprint density at radius 3 is 2.20 bits per heavy atom. The van der Waals surface area contributed by atoms with Gasteiger partial charge in [-0.15, -0.1) is 0 Å². The van der Waals surface area contributed by atoms with Gasteiger partial charge >= 0.3 is 6.03 Å². The maximum Gasteiger partial charge on any atom is 0.332 e. The lowest BCUT2D eigenvalue weighted by Gasteiger charge is -2.21. The van der Waals surface area contributed by atoms with Gasteiger partial charge in [0.25, 0.3) is 0 Å². The molecule has 0 radical (unpaired) electrons. The van der Waals surface area contributed by atoms with Crippen molar-refractivity contribution in [3.63, 3.8) is 0 Å². The molecule has 0 aromatic heterocycles. The summed E-state index contributed by atoms with van der Waals surface area (Å²) in [4.78, 5) is 14.0. The fourth-order valence-corrected chi connectivity index (χ4v) is 4.93. The number of hydrogen-bond donors (Lipinski definition) is 2. The van der Waals surface area contributed by atoms with Crippen LogP contribution in [0.3, 0.4) is 0 Å². The second-order valence-corrected chi connectivity index (χ2v) is 9.08. The zero-order chi connectivity index (χ0) is 18.2. The molecule has 0 saturated carbocycles. The molecule has 0 heterocycles. The molecule has 0 saturated heterocycles. The first-order chi connectivity index (χ1) is 11.8. The van der Waals surface area contributed by atoms with Crippen LogP contribution in [0.4, 0.5) is 10.5 Å². The van der Waals surface area contributed by atoms with Gasteiger partial charge in [-0.2, -0.15) is 0 Å². The number of sulfonamides is 1. The molecule has 2 aliphatic carbocycles. The molecule has 1 aromatic carbocycles. The highest BCUT2D eigenvalue weighted by molar-refractivity contribution is 7.89. The second-order valence-electron chi connectivity index (χ2n) is 7.38. The van der Waals surface area contributed by atoms with E-state index in [1.165, 1.54) is 22.3 Å². The first-order valence-corrected chi connectivity index (χ1v) is 10.6. The topological polar surface area (TPSA) is 78.5 Å². The van der Waals surface area contributed by atoms with E-state index in [1.807, 2.05) is 13.8 Å². The van der Waals surface area contributed by atoms with E-state index in [-0.39, 0.29) is 11.9 Å². The van der Waals surface area contributed by atoms with E-state index < -0.39 is 16.1 Å². The fourth-order valence-electron chi connectivity index (χ4n) is 3.70. The molecule has 0 unspecified atom stereocenters. The lowest BCUT2D eigenvalue weighted by atomic mass is 9.99. The lowest BCUT2D eigenvalue weighted by molar-refractivity contribution is 0.256. The van der Waals surface area contributed by atoms with Crippen LogP contribution in [0.25, 0.3) is 0 Å². The minimum Gasteiger partial charge on any atom is -0.307 e. The quantitative estimate of drug-likeness (QED) is 0.840. The van der Waals surface area contributed by atoms with E-state index in [2.05, 4.69) is 16.1 Å². The van der Waals surface area contributed by atoms with Gasteiger partial charge in [0.15, 0.2) is 0 Å². The standard InChI is InChI=1S/C18H27N3O3S/c1-12(2)21(3)11-25(23,24)20-18(22)19-17-15-8-4-6-13(15)10-14-7-5-9-16(14)17/h10,12H,4-9,11H2,1-3H3,(H2,19,20,22). The number of urea groups is 1. The molecule has 0 fully saturated rings. The molecular weight excluding hydrogens is 338 g/mol. The number of carbonyl (C=O) groups excluding carboxylic acids is 1. The molecule has 0 aliphatic heterocycles. The second kappa shape index (κ2) is 6.96. The zero-order valence-corrected chi connectivity index (χ0v) is 16.0. The Balaban J connectivity index is 1.76. The van der Waals surface area contributed by atoms with Gasteiger partial charge in [-0.25, -0.2) is 17.9 Å². The van der Waals surface area contributed by atoms with Gasteiger partial charge in [0.1, 0.15) is 5.88 Å². The van der Waals surface area contributed by atoms with E-state index in [0.717, 1.165) is 44.2 Å². The van der Waals surface area contributed by atoms with Crippen molar-refractivity contribution in [1.82, 2.24) is 9.62 Å². The maximum absolute atomic E-state index is 12.4. The number of aryl methyl sites for hydroxylation is 2. The van der Waals surface area contributed by atoms with E-state index in [4.69, 9.17) is 0 Å². The highest BCUT2D eigenvalue weighted by atomic mass is 32.2. The number of fused-ring (bicyclic) bond motifs is 2. The molecule has 0 bridgehead atoms. The minimum absolute atomic E-state index is 0.0836. The van der Waals surface area contributed by atoms with Crippen molar-refractivity contribution in [2.75, 3.05) is 18.2 Å². The Morgan fingerprint density at radius 1 is 1.12 bits per heavy atom. The Hall–Kier alpha value is -1.60. The first-order valence-electron chi connectivity index (χ1n) is 8.95. The predicted octanol–water partition coefficient (Wildman–Crippen LogP) is 2.41. The van der Waals surface area contributed by atoms with Crippen LogP contribution in [0.5, 0.6) is 0 Å². The van der Waals surface area contributed by atoms with Crippen LogP contribution < -0.4 is 10.0 Å². The number of amides is 2. The average Bonchev–Trinajstić information content (AvgIpc) is 3.13. The Bertz CT molecular complexity index is 755. The van der Waals surface area contributed by atoms with Gasteiger partial charge in [-0.3, -0.25) is 4.90 Å². The Kier molecular flexibility index (Phi) is 5.06. The van der Waals surface area contributed by atoms with Crippen molar-refractivity contribution in [2.24, 2.45) is 0 Å². The molecule has 2 amide bonds. The number of nitrogens with one attached hydrogen (secondary N) is 2. The van der Waals surface area contributed by atoms with E-state index in [0.29, 0.717) is 0 Å². The van der Waals surface area contributed by atoms with Crippen molar-refractivity contribution in [3.8, 4) is 0 Å². The third-order valence-corrected chi connectivity index (χ3v) is 6.46. The zero-order valence-electron chi connectivity index (χ0n) is 15.2. The summed E-state index contributed by atoms with van der Waals surface area (Å²) in [6, 6.07) is 1.70. The molecule has 0 atom stereocenters. The molecule has 2 aliphatic rings. The van der Waals surface area contributed by atoms with E-state index >= 15 is 0 Å². The van der Waals surface area contributed by atoms with Crippen molar-refractivity contribution < 1.29 is 13.2 Å². The van der Waals surface area contributed by atoms with Gasteiger partial charge in [-0.1, -0.05) is 6.07 Å². The molecule has 0 spiro atoms. The van der Waals surface area contributed by atoms with Gasteiger partial charge in [0, 0.05) is 11.7 Å². The minimum atomic E-state index is -3.71. The van der Waals surface area contributed by atoms with Crippen LogP contribution in [0, 0.1) is 0 Å². The van der Waals surface area contributed by atoms with Crippen LogP contribution in [0.2, 0.25) is 0 Å². The monoisotopic (exact) mass is 365 g/mol. The number of carbonyl (C=O) groups is 1. The molecule has 25 heavy (non-hydrogen) atoms. The summed E-state index contributed by atoms with van der Waals surface area (Å²) in [5, 5.41) is 2.85. The van der Waals surface area contributed by atoms with E-state index in [1.54, 1.807) is 11.9 Å². The molecule has 1 aromatic rings. The Morgan fingerprint density at radius 2 is 1.68 bits per heavy atom. The van der Waals surface area contributed by atoms with Crippen LogP contribution in [-0.2, 0) is 35.7 Å². The Labute approximate surface area is 150 Å². The van der Waals surface area contributed by atoms with Crippen molar-refractivity contribution in [2.45, 2.75) is 58.4 Å². The van der Waals surface area contributed by atoms with Crippen LogP contribution >= 0.6 is 0 Å². The summed E-state index contributed by atoms with van der Waals surface area (Å²) in [6.45, 7) is 3.82. The number of benzene rings is 1. The molecule has 3 rings (SSSR count). The lowest BCUT2D eigenvalue weighted by Crippen LogP contribution is -2.42. The number of anilines is 1. The van der Waals surface area contributed by atoms with Crippen LogP contribution in [0.15, 0.2) is 6.07 Å². The average molecular weight is 365 g/mol. The van der Waals surface area contributed by atoms with E-state index in [9.17, 15) is 13.2 Å². The first kappa shape index (κ1) is 18.2. The number of rotatable bonds is 5. The number of hydrogen-bond acceptors (Lipinski definition) is 4. The fraction of sp³-hybridized carbons (Fsp3) is 0.611. The maximum atomic E-state index is 12.4. The van der Waals surface area contributed by atoms with Gasteiger partial charge in [0.2, 0.25) is 10.0 Å².